The number of thioether (sulfide) groups is 1. The van der Waals surface area contributed by atoms with E-state index < -0.39 is 0 Å². The molecule has 1 heteroatoms. The number of hydrogen-bond acceptors (Lipinski definition) is 1. The first-order valence-electron chi connectivity index (χ1n) is 4.11. The van der Waals surface area contributed by atoms with E-state index in [-0.39, 0.29) is 0 Å². The van der Waals surface area contributed by atoms with Crippen LogP contribution in [0.3, 0.4) is 0 Å². The quantitative estimate of drug-likeness (QED) is 0.586. The molecular weight excluding hydrogens is 140 g/mol. The molecule has 0 N–H and O–H groups in total. The van der Waals surface area contributed by atoms with Gasteiger partial charge in [-0.1, -0.05) is 26.3 Å². The summed E-state index contributed by atoms with van der Waals surface area (Å²) in [4.78, 5) is 0. The van der Waals surface area contributed by atoms with E-state index in [4.69, 9.17) is 0 Å². The molecule has 0 fully saturated rings. The summed E-state index contributed by atoms with van der Waals surface area (Å²) in [5.74, 6) is 0. The van der Waals surface area contributed by atoms with Gasteiger partial charge < -0.3 is 0 Å². The zero-order chi connectivity index (χ0) is 7.82. The molecule has 0 saturated carbocycles. The van der Waals surface area contributed by atoms with E-state index >= 15 is 0 Å². The Kier molecular flexibility index (Phi) is 7.26. The topological polar surface area (TPSA) is 0 Å². The fourth-order valence-electron chi connectivity index (χ4n) is 0.880. The van der Waals surface area contributed by atoms with Crippen molar-refractivity contribution in [2.45, 2.75) is 45.3 Å². The van der Waals surface area contributed by atoms with Crippen molar-refractivity contribution < 1.29 is 0 Å². The molecule has 60 valence electrons. The Morgan fingerprint density at radius 3 is 2.50 bits per heavy atom. The van der Waals surface area contributed by atoms with Crippen molar-refractivity contribution in [3.8, 4) is 0 Å². The van der Waals surface area contributed by atoms with Gasteiger partial charge in [-0.05, 0) is 25.2 Å². The van der Waals surface area contributed by atoms with Crippen molar-refractivity contribution in [3.05, 3.63) is 11.5 Å². The standard InChI is InChI=1S/C9H18S/c1-4-7-9(6-3)10-8-5-2/h5,8-9H,4,6-7H2,1-3H3/b8-5-. The van der Waals surface area contributed by atoms with Crippen LogP contribution in [0.25, 0.3) is 0 Å². The summed E-state index contributed by atoms with van der Waals surface area (Å²) in [5, 5.41) is 3.05. The van der Waals surface area contributed by atoms with E-state index in [2.05, 4.69) is 32.3 Å². The highest BCUT2D eigenvalue weighted by molar-refractivity contribution is 8.02. The highest BCUT2D eigenvalue weighted by Crippen LogP contribution is 2.20. The van der Waals surface area contributed by atoms with Crippen molar-refractivity contribution >= 4 is 11.8 Å². The van der Waals surface area contributed by atoms with Crippen molar-refractivity contribution in [3.63, 3.8) is 0 Å². The van der Waals surface area contributed by atoms with Crippen LogP contribution in [-0.4, -0.2) is 5.25 Å². The van der Waals surface area contributed by atoms with Gasteiger partial charge in [0.2, 0.25) is 0 Å². The molecule has 0 aliphatic rings. The minimum Gasteiger partial charge on any atom is -0.131 e. The predicted molar refractivity (Wildman–Crippen MR) is 51.4 cm³/mol. The van der Waals surface area contributed by atoms with Crippen LogP contribution in [0.5, 0.6) is 0 Å². The Morgan fingerprint density at radius 2 is 2.10 bits per heavy atom. The Hall–Kier alpha value is 0.0900. The average molecular weight is 158 g/mol. The molecule has 0 aliphatic heterocycles. The molecule has 0 nitrogen and oxygen atoms in total. The second-order valence-electron chi connectivity index (χ2n) is 2.42. The summed E-state index contributed by atoms with van der Waals surface area (Å²) in [5.41, 5.74) is 0. The second-order valence-corrected chi connectivity index (χ2v) is 3.64. The Morgan fingerprint density at radius 1 is 1.40 bits per heavy atom. The zero-order valence-electron chi connectivity index (χ0n) is 7.26. The molecule has 0 bridgehead atoms. The van der Waals surface area contributed by atoms with Gasteiger partial charge in [0.15, 0.2) is 0 Å². The van der Waals surface area contributed by atoms with Gasteiger partial charge in [-0.2, -0.15) is 0 Å². The van der Waals surface area contributed by atoms with E-state index in [9.17, 15) is 0 Å². The van der Waals surface area contributed by atoms with Gasteiger partial charge in [0.05, 0.1) is 0 Å². The fourth-order valence-corrected chi connectivity index (χ4v) is 1.82. The Balaban J connectivity index is 3.39. The summed E-state index contributed by atoms with van der Waals surface area (Å²) >= 11 is 1.97. The summed E-state index contributed by atoms with van der Waals surface area (Å²) in [7, 11) is 0. The third-order valence-corrected chi connectivity index (χ3v) is 2.86. The second kappa shape index (κ2) is 7.20. The van der Waals surface area contributed by atoms with Gasteiger partial charge >= 0.3 is 0 Å². The lowest BCUT2D eigenvalue weighted by Gasteiger charge is -2.08. The third-order valence-electron chi connectivity index (χ3n) is 1.47. The van der Waals surface area contributed by atoms with Crippen LogP contribution < -0.4 is 0 Å². The molecular formula is C9H18S. The molecule has 0 amide bonds. The maximum Gasteiger partial charge on any atom is 0.00856 e. The van der Waals surface area contributed by atoms with Crippen molar-refractivity contribution in [1.29, 1.82) is 0 Å². The first-order chi connectivity index (χ1) is 4.85. The summed E-state index contributed by atoms with van der Waals surface area (Å²) in [6.07, 6.45) is 6.07. The van der Waals surface area contributed by atoms with Crippen molar-refractivity contribution in [1.82, 2.24) is 0 Å². The van der Waals surface area contributed by atoms with Crippen LogP contribution in [0.15, 0.2) is 11.5 Å². The van der Waals surface area contributed by atoms with Crippen LogP contribution in [0.4, 0.5) is 0 Å². The minimum atomic E-state index is 0.848. The van der Waals surface area contributed by atoms with Gasteiger partial charge in [0, 0.05) is 5.25 Å². The molecule has 1 atom stereocenters. The number of rotatable bonds is 5. The van der Waals surface area contributed by atoms with Gasteiger partial charge in [0.25, 0.3) is 0 Å². The van der Waals surface area contributed by atoms with Gasteiger partial charge in [-0.25, -0.2) is 0 Å². The first-order valence-corrected chi connectivity index (χ1v) is 5.06. The maximum absolute atomic E-state index is 2.26. The molecule has 0 spiro atoms. The minimum absolute atomic E-state index is 0.848. The SMILES string of the molecule is C/C=C\SC(CC)CCC. The zero-order valence-corrected chi connectivity index (χ0v) is 8.08. The van der Waals surface area contributed by atoms with E-state index in [1.807, 2.05) is 11.8 Å². The summed E-state index contributed by atoms with van der Waals surface area (Å²) in [6.45, 7) is 6.58. The molecule has 10 heavy (non-hydrogen) atoms. The lowest BCUT2D eigenvalue weighted by atomic mass is 10.2. The van der Waals surface area contributed by atoms with Crippen molar-refractivity contribution in [2.75, 3.05) is 0 Å². The van der Waals surface area contributed by atoms with E-state index in [1.165, 1.54) is 19.3 Å². The molecule has 0 rings (SSSR count). The molecule has 0 aromatic heterocycles. The van der Waals surface area contributed by atoms with E-state index in [1.54, 1.807) is 0 Å². The van der Waals surface area contributed by atoms with Crippen LogP contribution in [0.2, 0.25) is 0 Å². The monoisotopic (exact) mass is 158 g/mol. The smallest absolute Gasteiger partial charge is 0.00856 e. The highest BCUT2D eigenvalue weighted by atomic mass is 32.2. The fraction of sp³-hybridized carbons (Fsp3) is 0.778. The molecule has 0 radical (unpaired) electrons. The Labute approximate surface area is 69.1 Å². The van der Waals surface area contributed by atoms with Crippen LogP contribution >= 0.6 is 11.8 Å². The highest BCUT2D eigenvalue weighted by Gasteiger charge is 2.01. The Bertz CT molecular complexity index is 86.7. The molecule has 0 aliphatic carbocycles. The van der Waals surface area contributed by atoms with Gasteiger partial charge in [-0.15, -0.1) is 11.8 Å². The maximum atomic E-state index is 2.26. The first kappa shape index (κ1) is 10.1. The molecule has 0 saturated heterocycles. The molecule has 1 unspecified atom stereocenters. The predicted octanol–water partition coefficient (Wildman–Crippen LogP) is 3.83. The van der Waals surface area contributed by atoms with Crippen LogP contribution in [-0.2, 0) is 0 Å². The molecule has 0 heterocycles. The van der Waals surface area contributed by atoms with Gasteiger partial charge in [-0.3, -0.25) is 0 Å². The summed E-state index contributed by atoms with van der Waals surface area (Å²) < 4.78 is 0. The van der Waals surface area contributed by atoms with Crippen LogP contribution in [0.1, 0.15) is 40.0 Å². The lowest BCUT2D eigenvalue weighted by molar-refractivity contribution is 0.721. The number of allylic oxidation sites excluding steroid dienone is 1. The normalized spacial score (nSPS) is 14.3. The van der Waals surface area contributed by atoms with E-state index in [0.29, 0.717) is 0 Å². The molecule has 0 aromatic carbocycles. The lowest BCUT2D eigenvalue weighted by Crippen LogP contribution is -1.97. The number of hydrogen-bond donors (Lipinski definition) is 0. The van der Waals surface area contributed by atoms with Crippen LogP contribution in [0, 0.1) is 0 Å². The largest absolute Gasteiger partial charge is 0.131 e. The van der Waals surface area contributed by atoms with Gasteiger partial charge in [0.1, 0.15) is 0 Å². The van der Waals surface area contributed by atoms with E-state index in [0.717, 1.165) is 5.25 Å². The summed E-state index contributed by atoms with van der Waals surface area (Å²) in [6, 6.07) is 0. The third kappa shape index (κ3) is 4.92. The average Bonchev–Trinajstić information content (AvgIpc) is 1.98. The van der Waals surface area contributed by atoms with Crippen molar-refractivity contribution in [2.24, 2.45) is 0 Å². The molecule has 0 aromatic rings.